The lowest BCUT2D eigenvalue weighted by Crippen LogP contribution is -2.62. The van der Waals surface area contributed by atoms with Gasteiger partial charge in [0, 0.05) is 16.4 Å². The molecule has 0 bridgehead atoms. The molecule has 1 aliphatic heterocycles. The van der Waals surface area contributed by atoms with Gasteiger partial charge < -0.3 is 16.2 Å². The van der Waals surface area contributed by atoms with Crippen LogP contribution in [0.1, 0.15) is 17.0 Å². The van der Waals surface area contributed by atoms with Crippen LogP contribution in [0.15, 0.2) is 59.5 Å². The smallest absolute Gasteiger partial charge is 0.235 e. The summed E-state index contributed by atoms with van der Waals surface area (Å²) in [6.45, 7) is 0. The van der Waals surface area contributed by atoms with Crippen LogP contribution in [0, 0.1) is 23.2 Å². The number of thioether (sulfide) groups is 1. The predicted octanol–water partition coefficient (Wildman–Crippen LogP) is 1.71. The Hall–Kier alpha value is -2.82. The highest BCUT2D eigenvalue weighted by molar-refractivity contribution is 7.98. The monoisotopic (exact) mass is 381 g/mol. The van der Waals surface area contributed by atoms with E-state index in [1.54, 1.807) is 54.2 Å². The number of piperidine rings is 1. The number of carbonyl (C=O) groups is 2. The van der Waals surface area contributed by atoms with Crippen LogP contribution in [0.5, 0.6) is 0 Å². The van der Waals surface area contributed by atoms with E-state index < -0.39 is 35.3 Å². The quantitative estimate of drug-likeness (QED) is 0.551. The number of rotatable bonds is 4. The molecule has 138 valence electrons. The van der Waals surface area contributed by atoms with Gasteiger partial charge in [0.15, 0.2) is 5.72 Å². The molecule has 7 heteroatoms. The summed E-state index contributed by atoms with van der Waals surface area (Å²) in [6, 6.07) is 17.8. The van der Waals surface area contributed by atoms with Crippen LogP contribution in [-0.4, -0.2) is 23.2 Å². The van der Waals surface area contributed by atoms with Crippen molar-refractivity contribution in [2.75, 3.05) is 6.26 Å². The molecule has 1 fully saturated rings. The van der Waals surface area contributed by atoms with E-state index in [4.69, 9.17) is 5.73 Å². The van der Waals surface area contributed by atoms with Crippen molar-refractivity contribution in [1.82, 2.24) is 5.32 Å². The highest BCUT2D eigenvalue weighted by Crippen LogP contribution is 2.45. The summed E-state index contributed by atoms with van der Waals surface area (Å²) in [5.41, 5.74) is 4.54. The Balaban J connectivity index is 2.16. The molecule has 1 heterocycles. The maximum atomic E-state index is 12.7. The Morgan fingerprint density at radius 1 is 1.22 bits per heavy atom. The number of hydrogen-bond acceptors (Lipinski definition) is 5. The number of aliphatic hydroxyl groups is 1. The molecule has 2 aromatic carbocycles. The first kappa shape index (κ1) is 19.0. The van der Waals surface area contributed by atoms with Crippen molar-refractivity contribution >= 4 is 23.6 Å². The minimum atomic E-state index is -1.93. The molecule has 6 nitrogen and oxygen atoms in total. The molecule has 0 aliphatic carbocycles. The van der Waals surface area contributed by atoms with Gasteiger partial charge >= 0.3 is 0 Å². The number of benzene rings is 2. The van der Waals surface area contributed by atoms with Crippen LogP contribution in [0.25, 0.3) is 0 Å². The number of nitrogens with zero attached hydrogens (tertiary/aromatic N) is 1. The maximum Gasteiger partial charge on any atom is 0.235 e. The molecule has 4 unspecified atom stereocenters. The number of primary amides is 1. The maximum absolute atomic E-state index is 12.7. The summed E-state index contributed by atoms with van der Waals surface area (Å²) < 4.78 is 0. The Morgan fingerprint density at radius 3 is 2.37 bits per heavy atom. The summed E-state index contributed by atoms with van der Waals surface area (Å²) in [6.07, 6.45) is 1.93. The largest absolute Gasteiger partial charge is 0.369 e. The van der Waals surface area contributed by atoms with Crippen molar-refractivity contribution in [1.29, 1.82) is 5.26 Å². The van der Waals surface area contributed by atoms with Gasteiger partial charge in [-0.05, 0) is 24.0 Å². The van der Waals surface area contributed by atoms with E-state index in [-0.39, 0.29) is 0 Å². The first-order chi connectivity index (χ1) is 12.9. The van der Waals surface area contributed by atoms with Gasteiger partial charge in [0.1, 0.15) is 11.8 Å². The molecule has 0 radical (unpaired) electrons. The third kappa shape index (κ3) is 3.29. The second kappa shape index (κ2) is 7.43. The van der Waals surface area contributed by atoms with Gasteiger partial charge in [-0.25, -0.2) is 0 Å². The van der Waals surface area contributed by atoms with Crippen molar-refractivity contribution in [3.63, 3.8) is 0 Å². The van der Waals surface area contributed by atoms with Gasteiger partial charge in [0.25, 0.3) is 0 Å². The molecular weight excluding hydrogens is 362 g/mol. The molecule has 2 amide bonds. The van der Waals surface area contributed by atoms with Gasteiger partial charge in [-0.15, -0.1) is 11.8 Å². The van der Waals surface area contributed by atoms with Gasteiger partial charge in [-0.2, -0.15) is 5.26 Å². The number of hydrogen-bond donors (Lipinski definition) is 3. The van der Waals surface area contributed by atoms with E-state index >= 15 is 0 Å². The zero-order chi connectivity index (χ0) is 19.6. The third-order valence-electron chi connectivity index (χ3n) is 4.92. The fraction of sp³-hybridized carbons (Fsp3) is 0.250. The zero-order valence-corrected chi connectivity index (χ0v) is 15.4. The lowest BCUT2D eigenvalue weighted by atomic mass is 9.67. The van der Waals surface area contributed by atoms with Gasteiger partial charge in [0.2, 0.25) is 11.8 Å². The molecule has 0 spiro atoms. The Kier molecular flexibility index (Phi) is 5.22. The standard InChI is InChI=1S/C20H19N3O3S/c1-27-14-9-7-12(8-10-14)16-15(11-21)20(26,13-5-3-2-4-6-13)23-19(25)17(16)18(22)24/h2-10,15-17,26H,1H3,(H2,22,24)(H,23,25). The van der Waals surface area contributed by atoms with E-state index in [2.05, 4.69) is 11.4 Å². The minimum Gasteiger partial charge on any atom is -0.369 e. The molecule has 4 atom stereocenters. The first-order valence-corrected chi connectivity index (χ1v) is 9.57. The Morgan fingerprint density at radius 2 is 1.85 bits per heavy atom. The topological polar surface area (TPSA) is 116 Å². The molecular formula is C20H19N3O3S. The zero-order valence-electron chi connectivity index (χ0n) is 14.6. The van der Waals surface area contributed by atoms with Crippen LogP contribution < -0.4 is 11.1 Å². The lowest BCUT2D eigenvalue weighted by molar-refractivity contribution is -0.153. The summed E-state index contributed by atoms with van der Waals surface area (Å²) >= 11 is 1.55. The van der Waals surface area contributed by atoms with E-state index in [0.717, 1.165) is 4.90 Å². The molecule has 27 heavy (non-hydrogen) atoms. The minimum absolute atomic E-state index is 0.374. The molecule has 4 N–H and O–H groups in total. The SMILES string of the molecule is CSc1ccc(C2C(C(N)=O)C(=O)NC(O)(c3ccccc3)C2C#N)cc1. The van der Waals surface area contributed by atoms with E-state index in [1.807, 2.05) is 18.4 Å². The fourth-order valence-corrected chi connectivity index (χ4v) is 4.00. The van der Waals surface area contributed by atoms with Crippen LogP contribution in [-0.2, 0) is 15.3 Å². The lowest BCUT2D eigenvalue weighted by Gasteiger charge is -2.44. The summed E-state index contributed by atoms with van der Waals surface area (Å²) in [4.78, 5) is 25.8. The number of carbonyl (C=O) groups excluding carboxylic acids is 2. The number of nitrogens with two attached hydrogens (primary N) is 1. The average Bonchev–Trinajstić information content (AvgIpc) is 2.68. The highest BCUT2D eigenvalue weighted by atomic mass is 32.2. The average molecular weight is 381 g/mol. The highest BCUT2D eigenvalue weighted by Gasteiger charge is 2.55. The Labute approximate surface area is 161 Å². The van der Waals surface area contributed by atoms with Gasteiger partial charge in [-0.3, -0.25) is 9.59 Å². The van der Waals surface area contributed by atoms with Gasteiger partial charge in [-0.1, -0.05) is 42.5 Å². The van der Waals surface area contributed by atoms with Crippen LogP contribution in [0.3, 0.4) is 0 Å². The second-order valence-corrected chi connectivity index (χ2v) is 7.29. The van der Waals surface area contributed by atoms with Crippen LogP contribution in [0.2, 0.25) is 0 Å². The molecule has 2 aromatic rings. The van der Waals surface area contributed by atoms with Crippen molar-refractivity contribution < 1.29 is 14.7 Å². The number of amides is 2. The normalized spacial score (nSPS) is 27.4. The molecule has 0 aromatic heterocycles. The summed E-state index contributed by atoms with van der Waals surface area (Å²) in [5, 5.41) is 23.6. The fourth-order valence-electron chi connectivity index (χ4n) is 3.59. The number of nitrogens with one attached hydrogen (secondary N) is 1. The molecule has 1 saturated heterocycles. The van der Waals surface area contributed by atoms with Crippen LogP contribution >= 0.6 is 11.8 Å². The van der Waals surface area contributed by atoms with Crippen molar-refractivity contribution in [2.45, 2.75) is 16.5 Å². The van der Waals surface area contributed by atoms with E-state index in [9.17, 15) is 20.0 Å². The second-order valence-electron chi connectivity index (χ2n) is 6.41. The molecule has 1 aliphatic rings. The van der Waals surface area contributed by atoms with E-state index in [1.165, 1.54) is 0 Å². The van der Waals surface area contributed by atoms with Crippen LogP contribution in [0.4, 0.5) is 0 Å². The molecule has 3 rings (SSSR count). The van der Waals surface area contributed by atoms with E-state index in [0.29, 0.717) is 11.1 Å². The first-order valence-electron chi connectivity index (χ1n) is 8.35. The van der Waals surface area contributed by atoms with Crippen molar-refractivity contribution in [3.8, 4) is 6.07 Å². The predicted molar refractivity (Wildman–Crippen MR) is 101 cm³/mol. The third-order valence-corrected chi connectivity index (χ3v) is 5.67. The summed E-state index contributed by atoms with van der Waals surface area (Å²) in [7, 11) is 0. The summed E-state index contributed by atoms with van der Waals surface area (Å²) in [5.74, 6) is -4.75. The van der Waals surface area contributed by atoms with Crippen molar-refractivity contribution in [3.05, 3.63) is 65.7 Å². The Bertz CT molecular complexity index is 895. The van der Waals surface area contributed by atoms with Gasteiger partial charge in [0.05, 0.1) is 6.07 Å². The van der Waals surface area contributed by atoms with Crippen molar-refractivity contribution in [2.24, 2.45) is 17.6 Å². The molecule has 0 saturated carbocycles. The number of nitriles is 1.